The number of pyridine rings is 1. The topological polar surface area (TPSA) is 62.7 Å². The molecule has 1 unspecified atom stereocenters. The van der Waals surface area contributed by atoms with Gasteiger partial charge in [-0.2, -0.15) is 0 Å². The van der Waals surface area contributed by atoms with E-state index in [1.54, 1.807) is 11.1 Å². The number of ether oxygens (including phenoxy) is 1. The number of carbonyl (C=O) groups excluding carboxylic acids is 1. The first-order chi connectivity index (χ1) is 13.5. The molecule has 1 atom stereocenters. The van der Waals surface area contributed by atoms with Crippen LogP contribution in [0.25, 0.3) is 0 Å². The van der Waals surface area contributed by atoms with Crippen LogP contribution >= 0.6 is 11.6 Å². The molecule has 0 radical (unpaired) electrons. The Morgan fingerprint density at radius 2 is 2.04 bits per heavy atom. The van der Waals surface area contributed by atoms with Crippen LogP contribution in [0.4, 0.5) is 4.79 Å². The third-order valence-electron chi connectivity index (χ3n) is 6.01. The minimum atomic E-state index is -1.19. The van der Waals surface area contributed by atoms with Crippen LogP contribution in [-0.4, -0.2) is 40.8 Å². The van der Waals surface area contributed by atoms with Gasteiger partial charge in [0, 0.05) is 30.2 Å². The van der Waals surface area contributed by atoms with Gasteiger partial charge in [-0.15, -0.1) is 0 Å². The Labute approximate surface area is 170 Å². The molecule has 1 N–H and O–H groups in total. The Balaban J connectivity index is 1.72. The summed E-state index contributed by atoms with van der Waals surface area (Å²) in [5.41, 5.74) is 2.59. The first-order valence-corrected chi connectivity index (χ1v) is 10.3. The lowest BCUT2D eigenvalue weighted by Gasteiger charge is -2.42. The number of aliphatic hydroxyl groups is 1. The van der Waals surface area contributed by atoms with Crippen LogP contribution < -0.4 is 0 Å². The molecule has 1 amide bonds. The zero-order chi connectivity index (χ0) is 19.7. The van der Waals surface area contributed by atoms with Gasteiger partial charge in [0.1, 0.15) is 5.60 Å². The fourth-order valence-electron chi connectivity index (χ4n) is 4.63. The van der Waals surface area contributed by atoms with Gasteiger partial charge in [0.15, 0.2) is 0 Å². The Morgan fingerprint density at radius 3 is 2.79 bits per heavy atom. The molecule has 1 aromatic carbocycles. The summed E-state index contributed by atoms with van der Waals surface area (Å²) in [5, 5.41) is 12.8. The fraction of sp³-hybridized carbons (Fsp3) is 0.455. The number of benzene rings is 1. The molecule has 0 spiro atoms. The van der Waals surface area contributed by atoms with Gasteiger partial charge in [0.05, 0.1) is 12.3 Å². The summed E-state index contributed by atoms with van der Waals surface area (Å²) in [4.78, 5) is 18.4. The highest BCUT2D eigenvalue weighted by atomic mass is 35.5. The Hall–Kier alpha value is -2.11. The number of carbonyl (C=O) groups is 1. The van der Waals surface area contributed by atoms with Crippen molar-refractivity contribution in [2.24, 2.45) is 5.92 Å². The average Bonchev–Trinajstić information content (AvgIpc) is 2.84. The molecular weight excluding hydrogens is 376 g/mol. The summed E-state index contributed by atoms with van der Waals surface area (Å²) < 4.78 is 5.13. The summed E-state index contributed by atoms with van der Waals surface area (Å²) in [7, 11) is 0. The number of hydrogen-bond donors (Lipinski definition) is 1. The van der Waals surface area contributed by atoms with E-state index in [0.29, 0.717) is 37.6 Å². The number of halogens is 1. The third kappa shape index (κ3) is 3.27. The van der Waals surface area contributed by atoms with Crippen LogP contribution in [-0.2, 0) is 23.2 Å². The van der Waals surface area contributed by atoms with E-state index in [0.717, 1.165) is 35.2 Å². The van der Waals surface area contributed by atoms with Gasteiger partial charge >= 0.3 is 6.09 Å². The van der Waals surface area contributed by atoms with Gasteiger partial charge in [-0.25, -0.2) is 4.79 Å². The number of nitrogens with zero attached hydrogens (tertiary/aromatic N) is 2. The standard InChI is InChI=1S/C22H25ClN2O3/c1-2-28-21(26)25-12-9-17(10-13-25)22(27)19-8-7-18(23)14-16(19)6-5-15-4-3-11-24-20(15)22/h3-4,7-8,11,14,17,27H,2,5-6,9-10,12-13H2,1H3. The number of aromatic nitrogens is 1. The van der Waals surface area contributed by atoms with E-state index >= 15 is 0 Å². The van der Waals surface area contributed by atoms with Gasteiger partial charge in [0.2, 0.25) is 0 Å². The van der Waals surface area contributed by atoms with Gasteiger partial charge in [-0.05, 0) is 67.5 Å². The van der Waals surface area contributed by atoms with Gasteiger partial charge in [0.25, 0.3) is 0 Å². The number of piperidine rings is 1. The zero-order valence-corrected chi connectivity index (χ0v) is 16.8. The monoisotopic (exact) mass is 400 g/mol. The van der Waals surface area contributed by atoms with Crippen LogP contribution in [0.1, 0.15) is 42.1 Å². The molecule has 0 saturated carbocycles. The van der Waals surface area contributed by atoms with Crippen LogP contribution in [0, 0.1) is 5.92 Å². The second kappa shape index (κ2) is 7.72. The number of fused-ring (bicyclic) bond motifs is 2. The highest BCUT2D eigenvalue weighted by Crippen LogP contribution is 2.46. The molecule has 4 rings (SSSR count). The van der Waals surface area contributed by atoms with Crippen molar-refractivity contribution in [3.8, 4) is 0 Å². The third-order valence-corrected chi connectivity index (χ3v) is 6.24. The van der Waals surface area contributed by atoms with Crippen molar-refractivity contribution in [2.45, 2.75) is 38.2 Å². The number of aryl methyl sites for hydroxylation is 2. The molecule has 1 saturated heterocycles. The van der Waals surface area contributed by atoms with Gasteiger partial charge in [-0.3, -0.25) is 4.98 Å². The van der Waals surface area contributed by atoms with Crippen molar-refractivity contribution >= 4 is 17.7 Å². The number of rotatable bonds is 2. The second-order valence-electron chi connectivity index (χ2n) is 7.54. The summed E-state index contributed by atoms with van der Waals surface area (Å²) in [6.45, 7) is 3.31. The zero-order valence-electron chi connectivity index (χ0n) is 16.0. The summed E-state index contributed by atoms with van der Waals surface area (Å²) in [6, 6.07) is 9.72. The molecule has 2 aromatic rings. The van der Waals surface area contributed by atoms with Crippen molar-refractivity contribution in [1.82, 2.24) is 9.88 Å². The largest absolute Gasteiger partial charge is 0.450 e. The lowest BCUT2D eigenvalue weighted by atomic mass is 9.72. The van der Waals surface area contributed by atoms with Crippen molar-refractivity contribution < 1.29 is 14.6 Å². The lowest BCUT2D eigenvalue weighted by molar-refractivity contribution is -0.0177. The normalized spacial score (nSPS) is 22.2. The minimum Gasteiger partial charge on any atom is -0.450 e. The Kier molecular flexibility index (Phi) is 5.30. The SMILES string of the molecule is CCOC(=O)N1CCC(C2(O)c3ccc(Cl)cc3CCc3cccnc32)CC1. The number of likely N-dealkylation sites (tertiary alicyclic amines) is 1. The summed E-state index contributed by atoms with van der Waals surface area (Å²) in [6.07, 6.45) is 4.48. The van der Waals surface area contributed by atoms with Gasteiger partial charge in [-0.1, -0.05) is 23.7 Å². The van der Waals surface area contributed by atoms with E-state index in [1.807, 2.05) is 31.2 Å². The molecule has 148 valence electrons. The van der Waals surface area contributed by atoms with Crippen molar-refractivity contribution in [1.29, 1.82) is 0 Å². The van der Waals surface area contributed by atoms with E-state index in [4.69, 9.17) is 16.3 Å². The maximum absolute atomic E-state index is 12.2. The minimum absolute atomic E-state index is 0.0372. The molecule has 1 aliphatic carbocycles. The van der Waals surface area contributed by atoms with Crippen molar-refractivity contribution in [3.05, 3.63) is 63.9 Å². The van der Waals surface area contributed by atoms with E-state index in [9.17, 15) is 9.90 Å². The van der Waals surface area contributed by atoms with Crippen LogP contribution in [0.3, 0.4) is 0 Å². The quantitative estimate of drug-likeness (QED) is 0.829. The Morgan fingerprint density at radius 1 is 1.29 bits per heavy atom. The van der Waals surface area contributed by atoms with E-state index in [2.05, 4.69) is 11.1 Å². The van der Waals surface area contributed by atoms with Crippen LogP contribution in [0.5, 0.6) is 0 Å². The highest BCUT2D eigenvalue weighted by molar-refractivity contribution is 6.30. The molecule has 2 aliphatic rings. The van der Waals surface area contributed by atoms with E-state index in [-0.39, 0.29) is 12.0 Å². The molecule has 1 fully saturated rings. The first-order valence-electron chi connectivity index (χ1n) is 9.91. The molecular formula is C22H25ClN2O3. The number of hydrogen-bond acceptors (Lipinski definition) is 4. The van der Waals surface area contributed by atoms with E-state index in [1.165, 1.54) is 0 Å². The molecule has 1 aliphatic heterocycles. The first kappa shape index (κ1) is 19.2. The lowest BCUT2D eigenvalue weighted by Crippen LogP contribution is -2.46. The average molecular weight is 401 g/mol. The maximum Gasteiger partial charge on any atom is 0.409 e. The molecule has 28 heavy (non-hydrogen) atoms. The highest BCUT2D eigenvalue weighted by Gasteiger charge is 2.46. The molecule has 0 bridgehead atoms. The van der Waals surface area contributed by atoms with Gasteiger partial charge < -0.3 is 14.7 Å². The maximum atomic E-state index is 12.2. The molecule has 1 aromatic heterocycles. The fourth-order valence-corrected chi connectivity index (χ4v) is 4.82. The summed E-state index contributed by atoms with van der Waals surface area (Å²) in [5.74, 6) is -0.0372. The second-order valence-corrected chi connectivity index (χ2v) is 7.98. The molecule has 5 nitrogen and oxygen atoms in total. The Bertz CT molecular complexity index is 880. The van der Waals surface area contributed by atoms with Crippen LogP contribution in [0.2, 0.25) is 5.02 Å². The van der Waals surface area contributed by atoms with E-state index < -0.39 is 5.60 Å². The van der Waals surface area contributed by atoms with Crippen LogP contribution in [0.15, 0.2) is 36.5 Å². The smallest absolute Gasteiger partial charge is 0.409 e. The number of amides is 1. The predicted molar refractivity (Wildman–Crippen MR) is 107 cm³/mol. The van der Waals surface area contributed by atoms with Crippen molar-refractivity contribution in [2.75, 3.05) is 19.7 Å². The predicted octanol–water partition coefficient (Wildman–Crippen LogP) is 3.94. The molecule has 2 heterocycles. The summed E-state index contributed by atoms with van der Waals surface area (Å²) >= 11 is 6.25. The molecule has 6 heteroatoms. The van der Waals surface area contributed by atoms with Crippen molar-refractivity contribution in [3.63, 3.8) is 0 Å².